The minimum atomic E-state index is -2.46. The van der Waals surface area contributed by atoms with Gasteiger partial charge in [-0.2, -0.15) is 0 Å². The second-order valence-corrected chi connectivity index (χ2v) is 43.5. The molecule has 0 radical (unpaired) electrons. The van der Waals surface area contributed by atoms with E-state index in [1.54, 1.807) is 0 Å². The maximum atomic E-state index is 12.6. The first kappa shape index (κ1) is 22.6. The predicted molar refractivity (Wildman–Crippen MR) is 123 cm³/mol. The molecule has 1 N–H and O–H groups in total. The molecule has 1 fully saturated rings. The van der Waals surface area contributed by atoms with E-state index in [0.29, 0.717) is 8.57 Å². The molecule has 0 bridgehead atoms. The summed E-state index contributed by atoms with van der Waals surface area (Å²) < 4.78 is 0.654. The Morgan fingerprint density at radius 1 is 0.609 bits per heavy atom. The molecule has 0 spiro atoms. The molecule has 0 aromatic carbocycles. The van der Waals surface area contributed by atoms with Gasteiger partial charge in [-0.25, -0.2) is 0 Å². The third-order valence-corrected chi connectivity index (χ3v) is 53.9. The first-order valence-corrected chi connectivity index (χ1v) is 27.9. The van der Waals surface area contributed by atoms with Gasteiger partial charge in [0.05, 0.1) is 0 Å². The van der Waals surface area contributed by atoms with Crippen LogP contribution in [0.1, 0.15) is 12.8 Å². The van der Waals surface area contributed by atoms with Crippen LogP contribution >= 0.6 is 0 Å². The second kappa shape index (κ2) is 5.78. The van der Waals surface area contributed by atoms with E-state index in [4.69, 9.17) is 0 Å². The van der Waals surface area contributed by atoms with Crippen molar-refractivity contribution in [1.29, 1.82) is 0 Å². The Hall–Kier alpha value is 1.56. The van der Waals surface area contributed by atoms with Crippen LogP contribution in [0, 0.1) is 0 Å². The fourth-order valence-corrected chi connectivity index (χ4v) is 77.6. The van der Waals surface area contributed by atoms with Crippen LogP contribution < -0.4 is 0 Å². The molecule has 1 aliphatic heterocycles. The summed E-state index contributed by atoms with van der Waals surface area (Å²) in [5.41, 5.74) is 0. The summed E-state index contributed by atoms with van der Waals surface area (Å²) in [4.78, 5) is 12.6. The van der Waals surface area contributed by atoms with Crippen LogP contribution in [0.2, 0.25) is 87.1 Å². The summed E-state index contributed by atoms with van der Waals surface area (Å²) in [6.45, 7) is 28.2. The van der Waals surface area contributed by atoms with E-state index < -0.39 is 39.2 Å². The average Bonchev–Trinajstić information content (AvgIpc) is 2.42. The van der Waals surface area contributed by atoms with Crippen molar-refractivity contribution in [3.63, 3.8) is 0 Å². The van der Waals surface area contributed by atoms with Gasteiger partial charge < -0.3 is 0 Å². The Morgan fingerprint density at radius 2 is 0.783 bits per heavy atom. The molecule has 0 aromatic heterocycles. The summed E-state index contributed by atoms with van der Waals surface area (Å²) >= 11 is 3.05. The van der Waals surface area contributed by atoms with Gasteiger partial charge in [0.2, 0.25) is 0 Å². The van der Waals surface area contributed by atoms with Gasteiger partial charge >= 0.3 is 159 Å². The molecule has 7 heteroatoms. The van der Waals surface area contributed by atoms with E-state index in [9.17, 15) is 4.80 Å². The molecule has 138 valence electrons. The van der Waals surface area contributed by atoms with E-state index in [1.165, 1.54) is 12.8 Å². The van der Waals surface area contributed by atoms with Gasteiger partial charge in [0.15, 0.2) is 0 Å². The van der Waals surface area contributed by atoms with E-state index in [-0.39, 0.29) is 0 Å². The molecule has 0 aromatic rings. The van der Waals surface area contributed by atoms with Gasteiger partial charge in [-0.3, -0.25) is 0 Å². The van der Waals surface area contributed by atoms with Crippen LogP contribution in [0.5, 0.6) is 0 Å². The number of rotatable bonds is 4. The van der Waals surface area contributed by atoms with Gasteiger partial charge in [0.25, 0.3) is 0 Å². The summed E-state index contributed by atoms with van der Waals surface area (Å²) in [5.74, 6) is 0. The van der Waals surface area contributed by atoms with Crippen molar-refractivity contribution in [2.45, 2.75) is 100.0 Å². The van der Waals surface area contributed by atoms with E-state index in [2.05, 4.69) is 93.9 Å². The van der Waals surface area contributed by atoms with Gasteiger partial charge in [-0.05, 0) is 0 Å². The number of hydrogen-bond acceptors (Lipinski definition) is 1. The van der Waals surface area contributed by atoms with Crippen LogP contribution in [0.4, 0.5) is 0 Å². The summed E-state index contributed by atoms with van der Waals surface area (Å²) in [6, 6.07) is 0. The predicted octanol–water partition coefficient (Wildman–Crippen LogP) is 5.11. The fourth-order valence-electron chi connectivity index (χ4n) is 6.93. The molecule has 1 heterocycles. The van der Waals surface area contributed by atoms with Crippen LogP contribution in [0.15, 0.2) is 0 Å². The van der Waals surface area contributed by atoms with Crippen LogP contribution in [-0.2, 0) is 0 Å². The van der Waals surface area contributed by atoms with Gasteiger partial charge in [-0.15, -0.1) is 0 Å². The average molecular weight is 470 g/mol. The van der Waals surface area contributed by atoms with Crippen LogP contribution in [0.3, 0.4) is 0 Å². The molecule has 1 rings (SSSR count). The zero-order chi connectivity index (χ0) is 18.9. The SMILES string of the molecule is C[Si](C)(C)C1([Si](C)(C)C)CCC([Si](C)(C)C)([Si](C)(C)C)[Si]1(O)[SeH]. The van der Waals surface area contributed by atoms with Gasteiger partial charge in [-0.1, -0.05) is 0 Å². The van der Waals surface area contributed by atoms with Crippen molar-refractivity contribution in [3.8, 4) is 0 Å². The summed E-state index contributed by atoms with van der Waals surface area (Å²) in [6.07, 6.45) is 2.65. The van der Waals surface area contributed by atoms with E-state index in [1.807, 2.05) is 0 Å². The Labute approximate surface area is 158 Å². The van der Waals surface area contributed by atoms with Gasteiger partial charge in [0, 0.05) is 0 Å². The summed E-state index contributed by atoms with van der Waals surface area (Å²) in [7, 11) is -5.96. The molecule has 0 aliphatic carbocycles. The van der Waals surface area contributed by atoms with E-state index >= 15 is 0 Å². The molecule has 0 unspecified atom stereocenters. The molecule has 1 saturated heterocycles. The van der Waals surface area contributed by atoms with Crippen molar-refractivity contribution >= 4 is 54.6 Å². The quantitative estimate of drug-likeness (QED) is 0.568. The van der Waals surface area contributed by atoms with Crippen molar-refractivity contribution in [2.24, 2.45) is 0 Å². The molecule has 23 heavy (non-hydrogen) atoms. The van der Waals surface area contributed by atoms with Crippen molar-refractivity contribution in [2.75, 3.05) is 0 Å². The third kappa shape index (κ3) is 2.80. The monoisotopic (exact) mass is 470 g/mol. The van der Waals surface area contributed by atoms with Crippen molar-refractivity contribution in [3.05, 3.63) is 0 Å². The topological polar surface area (TPSA) is 20.2 Å². The van der Waals surface area contributed by atoms with E-state index in [0.717, 1.165) is 0 Å². The zero-order valence-electron chi connectivity index (χ0n) is 17.8. The van der Waals surface area contributed by atoms with Crippen molar-refractivity contribution < 1.29 is 4.80 Å². The van der Waals surface area contributed by atoms with Crippen LogP contribution in [0.25, 0.3) is 0 Å². The van der Waals surface area contributed by atoms with Crippen molar-refractivity contribution in [1.82, 2.24) is 0 Å². The Kier molecular flexibility index (Phi) is 5.68. The zero-order valence-corrected chi connectivity index (χ0v) is 24.7. The molecule has 0 saturated carbocycles. The molecular weight excluding hydrogens is 428 g/mol. The number of hydrogen-bond donors (Lipinski definition) is 1. The van der Waals surface area contributed by atoms with Crippen LogP contribution in [-0.4, -0.2) is 59.4 Å². The fraction of sp³-hybridized carbons (Fsp3) is 1.00. The third-order valence-electron chi connectivity index (χ3n) is 7.19. The maximum absolute atomic E-state index is 12.6. The first-order valence-electron chi connectivity index (χ1n) is 9.15. The van der Waals surface area contributed by atoms with Gasteiger partial charge in [0.1, 0.15) is 0 Å². The Balaban J connectivity index is 3.88. The Morgan fingerprint density at radius 3 is 0.870 bits per heavy atom. The minimum absolute atomic E-state index is 0.327. The standard InChI is InChI=1S/C16H42OSeSi5/c1-19(2,3)15(20(4,5)6)13-14-16(21(7,8)9,22(10,11)12)23(15,17)18/h17-18H,13-14H2,1-12H3. The Bertz CT molecular complexity index is 393. The second-order valence-electron chi connectivity index (χ2n) is 12.0. The molecular formula is C16H42OSeSi5. The molecule has 0 atom stereocenters. The normalized spacial score (nSPS) is 24.8. The molecule has 0 amide bonds. The molecule has 1 nitrogen and oxygen atoms in total. The molecule has 1 aliphatic rings. The summed E-state index contributed by atoms with van der Waals surface area (Å²) in [5, 5.41) is 0. The first-order chi connectivity index (χ1) is 9.71.